The van der Waals surface area contributed by atoms with Gasteiger partial charge in [0, 0.05) is 13.2 Å². The highest BCUT2D eigenvalue weighted by molar-refractivity contribution is 6.28. The number of halogens is 1. The van der Waals surface area contributed by atoms with Crippen LogP contribution in [0.1, 0.15) is 17.3 Å². The Labute approximate surface area is 86.5 Å². The van der Waals surface area contributed by atoms with Crippen molar-refractivity contribution < 1.29 is 9.53 Å². The summed E-state index contributed by atoms with van der Waals surface area (Å²) in [6.07, 6.45) is 1.33. The van der Waals surface area contributed by atoms with Crippen molar-refractivity contribution in [3.63, 3.8) is 0 Å². The van der Waals surface area contributed by atoms with Crippen LogP contribution in [0, 0.1) is 0 Å². The predicted octanol–water partition coefficient (Wildman–Crippen LogP) is 1.35. The lowest BCUT2D eigenvalue weighted by molar-refractivity contribution is 0.0526. The molecular formula is C8H10ClN3O2. The number of carbonyl (C=O) groups is 1. The summed E-state index contributed by atoms with van der Waals surface area (Å²) in [6, 6.07) is 0. The maximum absolute atomic E-state index is 11.4. The number of rotatable bonds is 3. The van der Waals surface area contributed by atoms with Crippen molar-refractivity contribution in [3.8, 4) is 0 Å². The molecule has 0 fully saturated rings. The Morgan fingerprint density at radius 2 is 2.43 bits per heavy atom. The van der Waals surface area contributed by atoms with E-state index in [9.17, 15) is 4.79 Å². The maximum Gasteiger partial charge on any atom is 0.343 e. The van der Waals surface area contributed by atoms with Gasteiger partial charge in [0.15, 0.2) is 0 Å². The number of aromatic nitrogens is 2. The summed E-state index contributed by atoms with van der Waals surface area (Å²) in [6.45, 7) is 2.04. The average Bonchev–Trinajstić information content (AvgIpc) is 2.17. The molecule has 1 heterocycles. The monoisotopic (exact) mass is 215 g/mol. The summed E-state index contributed by atoms with van der Waals surface area (Å²) >= 11 is 5.56. The molecule has 0 aromatic carbocycles. The number of ether oxygens (including phenoxy) is 1. The SMILES string of the molecule is CCOC(=O)c1cnc(Cl)nc1NC. The Hall–Kier alpha value is -1.36. The third kappa shape index (κ3) is 2.32. The summed E-state index contributed by atoms with van der Waals surface area (Å²) < 4.78 is 4.81. The molecule has 0 amide bonds. The fraction of sp³-hybridized carbons (Fsp3) is 0.375. The molecule has 76 valence electrons. The van der Waals surface area contributed by atoms with Gasteiger partial charge >= 0.3 is 5.97 Å². The summed E-state index contributed by atoms with van der Waals surface area (Å²) in [5.41, 5.74) is 0.277. The van der Waals surface area contributed by atoms with E-state index >= 15 is 0 Å². The van der Waals surface area contributed by atoms with Crippen molar-refractivity contribution >= 4 is 23.4 Å². The summed E-state index contributed by atoms with van der Waals surface area (Å²) in [5, 5.41) is 2.82. The zero-order chi connectivity index (χ0) is 10.6. The fourth-order valence-corrected chi connectivity index (χ4v) is 1.04. The first-order valence-electron chi connectivity index (χ1n) is 4.06. The molecule has 0 atom stereocenters. The molecule has 0 bridgehead atoms. The molecule has 5 nitrogen and oxygen atoms in total. The van der Waals surface area contributed by atoms with E-state index in [4.69, 9.17) is 16.3 Å². The highest BCUT2D eigenvalue weighted by Crippen LogP contribution is 2.14. The molecule has 0 unspecified atom stereocenters. The van der Waals surface area contributed by atoms with Crippen LogP contribution in [0.5, 0.6) is 0 Å². The van der Waals surface area contributed by atoms with Gasteiger partial charge < -0.3 is 10.1 Å². The van der Waals surface area contributed by atoms with Crippen LogP contribution in [0.2, 0.25) is 5.28 Å². The minimum atomic E-state index is -0.464. The van der Waals surface area contributed by atoms with Crippen molar-refractivity contribution in [2.75, 3.05) is 19.0 Å². The Bertz CT molecular complexity index is 343. The van der Waals surface area contributed by atoms with E-state index in [-0.39, 0.29) is 10.8 Å². The molecule has 1 rings (SSSR count). The third-order valence-corrected chi connectivity index (χ3v) is 1.67. The first kappa shape index (κ1) is 10.7. The van der Waals surface area contributed by atoms with Gasteiger partial charge in [-0.25, -0.2) is 9.78 Å². The zero-order valence-electron chi connectivity index (χ0n) is 7.87. The summed E-state index contributed by atoms with van der Waals surface area (Å²) in [5.74, 6) is -0.100. The minimum absolute atomic E-state index is 0.0856. The highest BCUT2D eigenvalue weighted by Gasteiger charge is 2.13. The van der Waals surface area contributed by atoms with Gasteiger partial charge in [-0.2, -0.15) is 4.98 Å². The number of anilines is 1. The number of carbonyl (C=O) groups excluding carboxylic acids is 1. The molecule has 0 radical (unpaired) electrons. The number of hydrogen-bond donors (Lipinski definition) is 1. The molecule has 0 aliphatic rings. The van der Waals surface area contributed by atoms with Gasteiger partial charge in [-0.15, -0.1) is 0 Å². The van der Waals surface area contributed by atoms with E-state index in [0.29, 0.717) is 12.4 Å². The Morgan fingerprint density at radius 3 is 3.00 bits per heavy atom. The molecule has 0 spiro atoms. The van der Waals surface area contributed by atoms with Gasteiger partial charge in [0.25, 0.3) is 0 Å². The van der Waals surface area contributed by atoms with Gasteiger partial charge in [0.1, 0.15) is 11.4 Å². The number of nitrogens with one attached hydrogen (secondary N) is 1. The van der Waals surface area contributed by atoms with E-state index in [1.807, 2.05) is 0 Å². The molecule has 0 saturated heterocycles. The highest BCUT2D eigenvalue weighted by atomic mass is 35.5. The largest absolute Gasteiger partial charge is 0.462 e. The van der Waals surface area contributed by atoms with Crippen molar-refractivity contribution in [2.24, 2.45) is 0 Å². The van der Waals surface area contributed by atoms with Crippen LogP contribution < -0.4 is 5.32 Å². The van der Waals surface area contributed by atoms with Gasteiger partial charge in [-0.3, -0.25) is 0 Å². The van der Waals surface area contributed by atoms with Gasteiger partial charge in [-0.1, -0.05) is 0 Å². The average molecular weight is 216 g/mol. The van der Waals surface area contributed by atoms with Crippen LogP contribution in [0.3, 0.4) is 0 Å². The van der Waals surface area contributed by atoms with Crippen LogP contribution >= 0.6 is 11.6 Å². The topological polar surface area (TPSA) is 64.1 Å². The maximum atomic E-state index is 11.4. The lowest BCUT2D eigenvalue weighted by Crippen LogP contribution is -2.10. The standard InChI is InChI=1S/C8H10ClN3O2/c1-3-14-7(13)5-4-11-8(9)12-6(5)10-2/h4H,3H2,1-2H3,(H,10,11,12). The molecular weight excluding hydrogens is 206 g/mol. The van der Waals surface area contributed by atoms with E-state index in [0.717, 1.165) is 0 Å². The molecule has 0 aliphatic carbocycles. The molecule has 1 N–H and O–H groups in total. The second-order valence-corrected chi connectivity index (χ2v) is 2.71. The normalized spacial score (nSPS) is 9.64. The Kier molecular flexibility index (Phi) is 3.64. The molecule has 0 saturated carbocycles. The lowest BCUT2D eigenvalue weighted by Gasteiger charge is -2.06. The molecule has 1 aromatic heterocycles. The van der Waals surface area contributed by atoms with E-state index < -0.39 is 5.97 Å². The first-order valence-corrected chi connectivity index (χ1v) is 4.44. The predicted molar refractivity (Wildman–Crippen MR) is 52.5 cm³/mol. The van der Waals surface area contributed by atoms with E-state index in [2.05, 4.69) is 15.3 Å². The van der Waals surface area contributed by atoms with Gasteiger partial charge in [0.2, 0.25) is 5.28 Å². The van der Waals surface area contributed by atoms with Crippen LogP contribution in [-0.2, 0) is 4.74 Å². The Morgan fingerprint density at radius 1 is 1.71 bits per heavy atom. The number of esters is 1. The van der Waals surface area contributed by atoms with Gasteiger partial charge in [0.05, 0.1) is 6.61 Å². The van der Waals surface area contributed by atoms with E-state index in [1.54, 1.807) is 14.0 Å². The van der Waals surface area contributed by atoms with Crippen molar-refractivity contribution in [1.29, 1.82) is 0 Å². The van der Waals surface area contributed by atoms with Crippen LogP contribution in [-0.4, -0.2) is 29.6 Å². The summed E-state index contributed by atoms with van der Waals surface area (Å²) in [7, 11) is 1.64. The smallest absolute Gasteiger partial charge is 0.343 e. The number of nitrogens with zero attached hydrogens (tertiary/aromatic N) is 2. The molecule has 0 aliphatic heterocycles. The minimum Gasteiger partial charge on any atom is -0.462 e. The number of hydrogen-bond acceptors (Lipinski definition) is 5. The van der Waals surface area contributed by atoms with Crippen molar-refractivity contribution in [3.05, 3.63) is 17.0 Å². The zero-order valence-corrected chi connectivity index (χ0v) is 8.63. The van der Waals surface area contributed by atoms with Gasteiger partial charge in [-0.05, 0) is 18.5 Å². The molecule has 1 aromatic rings. The lowest BCUT2D eigenvalue weighted by atomic mass is 10.3. The Balaban J connectivity index is 3.01. The second-order valence-electron chi connectivity index (χ2n) is 2.37. The van der Waals surface area contributed by atoms with Crippen LogP contribution in [0.4, 0.5) is 5.82 Å². The summed E-state index contributed by atoms with van der Waals surface area (Å²) in [4.78, 5) is 18.9. The third-order valence-electron chi connectivity index (χ3n) is 1.49. The quantitative estimate of drug-likeness (QED) is 0.609. The van der Waals surface area contributed by atoms with E-state index in [1.165, 1.54) is 6.20 Å². The van der Waals surface area contributed by atoms with Crippen LogP contribution in [0.15, 0.2) is 6.20 Å². The van der Waals surface area contributed by atoms with Crippen molar-refractivity contribution in [2.45, 2.75) is 6.92 Å². The van der Waals surface area contributed by atoms with Crippen molar-refractivity contribution in [1.82, 2.24) is 9.97 Å². The second kappa shape index (κ2) is 4.76. The first-order chi connectivity index (χ1) is 6.69. The molecule has 6 heteroatoms. The van der Waals surface area contributed by atoms with Crippen LogP contribution in [0.25, 0.3) is 0 Å². The molecule has 14 heavy (non-hydrogen) atoms. The fourth-order valence-electron chi connectivity index (χ4n) is 0.909.